The first-order valence-electron chi connectivity index (χ1n) is 7.73. The van der Waals surface area contributed by atoms with Crippen LogP contribution in [0, 0.1) is 0 Å². The van der Waals surface area contributed by atoms with E-state index in [9.17, 15) is 26.3 Å². The second-order valence-corrected chi connectivity index (χ2v) is 5.28. The van der Waals surface area contributed by atoms with Gasteiger partial charge in [-0.25, -0.2) is 4.98 Å². The van der Waals surface area contributed by atoms with Crippen molar-refractivity contribution in [3.05, 3.63) is 36.0 Å². The maximum Gasteiger partial charge on any atom is 0.423 e. The monoisotopic (exact) mass is 395 g/mol. The maximum absolute atomic E-state index is 12.9. The van der Waals surface area contributed by atoms with E-state index < -0.39 is 30.4 Å². The topological polar surface area (TPSA) is 56.3 Å². The van der Waals surface area contributed by atoms with E-state index in [1.54, 1.807) is 24.3 Å². The second-order valence-electron chi connectivity index (χ2n) is 5.28. The molecule has 0 unspecified atom stereocenters. The van der Waals surface area contributed by atoms with Crippen molar-refractivity contribution in [1.82, 2.24) is 9.97 Å². The van der Waals surface area contributed by atoms with Crippen molar-refractivity contribution < 1.29 is 35.8 Å². The number of benzene rings is 1. The molecule has 1 N–H and O–H groups in total. The number of anilines is 2. The lowest BCUT2D eigenvalue weighted by Gasteiger charge is -2.16. The van der Waals surface area contributed by atoms with Gasteiger partial charge in [0, 0.05) is 6.20 Å². The number of aromatic nitrogens is 2. The standard InChI is InChI=1S/C16H15F6N3O2/c1-2-7-26-12-6-4-3-5-11(12)24-14-23-8-10(16(20,21)22)13(25-14)27-9-15(17,18)19/h3-6,8H,2,7,9H2,1H3,(H,23,24,25). The summed E-state index contributed by atoms with van der Waals surface area (Å²) in [5.74, 6) is -1.20. The summed E-state index contributed by atoms with van der Waals surface area (Å²) in [6, 6.07) is 6.49. The quantitative estimate of drug-likeness (QED) is 0.671. The third kappa shape index (κ3) is 6.19. The number of alkyl halides is 6. The van der Waals surface area contributed by atoms with Crippen LogP contribution >= 0.6 is 0 Å². The number of para-hydroxylation sites is 2. The fraction of sp³-hybridized carbons (Fsp3) is 0.375. The molecule has 11 heteroatoms. The number of nitrogens with one attached hydrogen (secondary N) is 1. The molecular weight excluding hydrogens is 380 g/mol. The summed E-state index contributed by atoms with van der Waals surface area (Å²) in [6.45, 7) is 0.370. The van der Waals surface area contributed by atoms with Crippen molar-refractivity contribution in [2.75, 3.05) is 18.5 Å². The third-order valence-electron chi connectivity index (χ3n) is 3.03. The average molecular weight is 395 g/mol. The molecule has 5 nitrogen and oxygen atoms in total. The summed E-state index contributed by atoms with van der Waals surface area (Å²) in [5.41, 5.74) is -1.17. The second kappa shape index (κ2) is 8.31. The zero-order chi connectivity index (χ0) is 20.1. The molecule has 148 valence electrons. The SMILES string of the molecule is CCCOc1ccccc1Nc1ncc(C(F)(F)F)c(OCC(F)(F)F)n1. The van der Waals surface area contributed by atoms with E-state index >= 15 is 0 Å². The summed E-state index contributed by atoms with van der Waals surface area (Å²) in [5, 5.41) is 2.62. The predicted molar refractivity (Wildman–Crippen MR) is 84.1 cm³/mol. The molecule has 0 aliphatic heterocycles. The molecule has 2 rings (SSSR count). The van der Waals surface area contributed by atoms with Crippen LogP contribution in [0.1, 0.15) is 18.9 Å². The Kier molecular flexibility index (Phi) is 6.34. The Morgan fingerprint density at radius 1 is 1.04 bits per heavy atom. The molecule has 0 fully saturated rings. The van der Waals surface area contributed by atoms with Gasteiger partial charge in [0.2, 0.25) is 11.8 Å². The molecule has 2 aromatic rings. The largest absolute Gasteiger partial charge is 0.491 e. The van der Waals surface area contributed by atoms with E-state index in [1.807, 2.05) is 6.92 Å². The van der Waals surface area contributed by atoms with Crippen LogP contribution in [0.2, 0.25) is 0 Å². The highest BCUT2D eigenvalue weighted by molar-refractivity contribution is 5.62. The minimum Gasteiger partial charge on any atom is -0.491 e. The molecule has 27 heavy (non-hydrogen) atoms. The van der Waals surface area contributed by atoms with Gasteiger partial charge in [-0.05, 0) is 18.6 Å². The summed E-state index contributed by atoms with van der Waals surface area (Å²) in [7, 11) is 0. The third-order valence-corrected chi connectivity index (χ3v) is 3.03. The lowest BCUT2D eigenvalue weighted by Crippen LogP contribution is -2.22. The molecule has 1 heterocycles. The number of nitrogens with zero attached hydrogens (tertiary/aromatic N) is 2. The zero-order valence-electron chi connectivity index (χ0n) is 14.0. The van der Waals surface area contributed by atoms with Gasteiger partial charge in [0.1, 0.15) is 11.3 Å². The van der Waals surface area contributed by atoms with Crippen molar-refractivity contribution in [1.29, 1.82) is 0 Å². The van der Waals surface area contributed by atoms with E-state index in [0.29, 0.717) is 24.2 Å². The minimum absolute atomic E-state index is 0.340. The van der Waals surface area contributed by atoms with E-state index in [-0.39, 0.29) is 5.95 Å². The van der Waals surface area contributed by atoms with Gasteiger partial charge in [-0.3, -0.25) is 0 Å². The molecular formula is C16H15F6N3O2. The van der Waals surface area contributed by atoms with E-state index in [2.05, 4.69) is 20.0 Å². The van der Waals surface area contributed by atoms with Crippen LogP contribution in [-0.2, 0) is 6.18 Å². The number of ether oxygens (including phenoxy) is 2. The Labute approximate surface area is 150 Å². The van der Waals surface area contributed by atoms with Crippen LogP contribution in [0.25, 0.3) is 0 Å². The fourth-order valence-corrected chi connectivity index (χ4v) is 1.91. The molecule has 0 radical (unpaired) electrons. The van der Waals surface area contributed by atoms with E-state index in [4.69, 9.17) is 4.74 Å². The number of hydrogen-bond donors (Lipinski definition) is 1. The highest BCUT2D eigenvalue weighted by Gasteiger charge is 2.38. The van der Waals surface area contributed by atoms with Gasteiger partial charge in [-0.1, -0.05) is 19.1 Å². The van der Waals surface area contributed by atoms with Crippen molar-refractivity contribution >= 4 is 11.6 Å². The Hall–Kier alpha value is -2.72. The summed E-state index contributed by atoms with van der Waals surface area (Å²) >= 11 is 0. The molecule has 0 bridgehead atoms. The van der Waals surface area contributed by atoms with Gasteiger partial charge in [0.25, 0.3) is 0 Å². The molecule has 0 atom stereocenters. The number of hydrogen-bond acceptors (Lipinski definition) is 5. The Morgan fingerprint density at radius 2 is 1.74 bits per heavy atom. The fourth-order valence-electron chi connectivity index (χ4n) is 1.91. The summed E-state index contributed by atoms with van der Waals surface area (Å²) < 4.78 is 85.5. The Balaban J connectivity index is 2.30. The van der Waals surface area contributed by atoms with Crippen LogP contribution in [0.3, 0.4) is 0 Å². The van der Waals surface area contributed by atoms with Gasteiger partial charge in [-0.2, -0.15) is 31.3 Å². The Morgan fingerprint density at radius 3 is 2.37 bits per heavy atom. The average Bonchev–Trinajstić information content (AvgIpc) is 2.58. The molecule has 0 aliphatic carbocycles. The lowest BCUT2D eigenvalue weighted by molar-refractivity contribution is -0.159. The van der Waals surface area contributed by atoms with Gasteiger partial charge in [0.05, 0.1) is 12.3 Å². The van der Waals surface area contributed by atoms with Crippen molar-refractivity contribution in [3.8, 4) is 11.6 Å². The highest BCUT2D eigenvalue weighted by Crippen LogP contribution is 2.36. The zero-order valence-corrected chi connectivity index (χ0v) is 14.0. The number of rotatable bonds is 7. The summed E-state index contributed by atoms with van der Waals surface area (Å²) in [4.78, 5) is 6.95. The van der Waals surface area contributed by atoms with Crippen LogP contribution in [0.5, 0.6) is 11.6 Å². The normalized spacial score (nSPS) is 12.0. The first-order valence-corrected chi connectivity index (χ1v) is 7.73. The molecule has 0 saturated carbocycles. The molecule has 0 aliphatic rings. The highest BCUT2D eigenvalue weighted by atomic mass is 19.4. The first-order chi connectivity index (χ1) is 12.6. The molecule has 0 saturated heterocycles. The first kappa shape index (κ1) is 20.6. The summed E-state index contributed by atoms with van der Waals surface area (Å²) in [6.07, 6.45) is -8.71. The molecule has 1 aromatic carbocycles. The van der Waals surface area contributed by atoms with Gasteiger partial charge in [0.15, 0.2) is 6.61 Å². The van der Waals surface area contributed by atoms with Crippen molar-refractivity contribution in [3.63, 3.8) is 0 Å². The van der Waals surface area contributed by atoms with Crippen LogP contribution < -0.4 is 14.8 Å². The smallest absolute Gasteiger partial charge is 0.423 e. The lowest BCUT2D eigenvalue weighted by atomic mass is 10.3. The molecule has 0 spiro atoms. The Bertz CT molecular complexity index is 765. The van der Waals surface area contributed by atoms with Gasteiger partial charge >= 0.3 is 12.4 Å². The van der Waals surface area contributed by atoms with Gasteiger partial charge < -0.3 is 14.8 Å². The van der Waals surface area contributed by atoms with Gasteiger partial charge in [-0.15, -0.1) is 0 Å². The van der Waals surface area contributed by atoms with Crippen LogP contribution in [0.4, 0.5) is 38.0 Å². The van der Waals surface area contributed by atoms with Crippen LogP contribution in [0.15, 0.2) is 30.5 Å². The molecule has 0 amide bonds. The minimum atomic E-state index is -4.97. The van der Waals surface area contributed by atoms with Crippen molar-refractivity contribution in [2.45, 2.75) is 25.7 Å². The maximum atomic E-state index is 12.9. The predicted octanol–water partition coefficient (Wildman–Crippen LogP) is 4.97. The van der Waals surface area contributed by atoms with E-state index in [1.165, 1.54) is 0 Å². The van der Waals surface area contributed by atoms with Crippen LogP contribution in [-0.4, -0.2) is 29.4 Å². The molecule has 1 aromatic heterocycles. The van der Waals surface area contributed by atoms with E-state index in [0.717, 1.165) is 6.42 Å². The van der Waals surface area contributed by atoms with Crippen molar-refractivity contribution in [2.24, 2.45) is 0 Å². The number of halogens is 6.